The van der Waals surface area contributed by atoms with Gasteiger partial charge in [0.2, 0.25) is 0 Å². The Morgan fingerprint density at radius 3 is 2.25 bits per heavy atom. The van der Waals surface area contributed by atoms with Crippen molar-refractivity contribution in [2.24, 2.45) is 0 Å². The highest BCUT2D eigenvalue weighted by Gasteiger charge is 2.10. The van der Waals surface area contributed by atoms with Crippen LogP contribution < -0.4 is 0 Å². The first-order chi connectivity index (χ1) is 5.62. The molecule has 0 atom stereocenters. The zero-order valence-electron chi connectivity index (χ0n) is 6.43. The number of hydrogen-bond donors (Lipinski definition) is 0. The fraction of sp³-hybridized carbons (Fsp3) is 0.333. The zero-order chi connectivity index (χ0) is 9.45. The average molecular weight is 194 g/mol. The molecule has 0 aliphatic rings. The molecule has 0 radical (unpaired) electrons. The van der Waals surface area contributed by atoms with Gasteiger partial charge in [-0.25, -0.2) is 9.07 Å². The van der Waals surface area contributed by atoms with Crippen molar-refractivity contribution in [1.82, 2.24) is 0 Å². The van der Waals surface area contributed by atoms with Crippen LogP contribution in [0.3, 0.4) is 0 Å². The van der Waals surface area contributed by atoms with E-state index in [-0.39, 0.29) is 13.2 Å². The summed E-state index contributed by atoms with van der Waals surface area (Å²) in [6, 6.07) is 0. The second kappa shape index (κ2) is 5.90. The predicted octanol–water partition coefficient (Wildman–Crippen LogP) is 0.568. The van der Waals surface area contributed by atoms with Gasteiger partial charge in [-0.1, -0.05) is 16.5 Å². The first-order valence-electron chi connectivity index (χ1n) is 3.04. The Morgan fingerprint density at radius 2 is 1.75 bits per heavy atom. The molecule has 0 aromatic rings. The van der Waals surface area contributed by atoms with Gasteiger partial charge in [-0.3, -0.25) is 0 Å². The topological polar surface area (TPSA) is 61.8 Å². The minimum absolute atomic E-state index is 0.0311. The predicted molar refractivity (Wildman–Crippen MR) is 42.3 cm³/mol. The summed E-state index contributed by atoms with van der Waals surface area (Å²) in [5, 5.41) is 0. The molecule has 5 nitrogen and oxygen atoms in total. The van der Waals surface area contributed by atoms with Crippen LogP contribution in [-0.4, -0.2) is 21.6 Å². The molecule has 0 fully saturated rings. The normalized spacial score (nSPS) is 11.0. The Balaban J connectivity index is 3.71. The standard InChI is InChI=1S/C6H10O5S/c1-3-5-9-11-12(7,8)10-6-4-2/h3-4H,1-2,5-6H2. The summed E-state index contributed by atoms with van der Waals surface area (Å²) in [4.78, 5) is 4.18. The summed E-state index contributed by atoms with van der Waals surface area (Å²) in [6.07, 6.45) is 2.61. The van der Waals surface area contributed by atoms with E-state index in [2.05, 4.69) is 26.6 Å². The van der Waals surface area contributed by atoms with Gasteiger partial charge in [0, 0.05) is 0 Å². The summed E-state index contributed by atoms with van der Waals surface area (Å²) in [5.41, 5.74) is 0. The molecule has 0 aromatic carbocycles. The summed E-state index contributed by atoms with van der Waals surface area (Å²) < 4.78 is 29.3. The molecule has 0 bridgehead atoms. The lowest BCUT2D eigenvalue weighted by atomic mass is 10.7. The number of rotatable bonds is 7. The molecule has 70 valence electrons. The summed E-state index contributed by atoms with van der Waals surface area (Å²) in [6.45, 7) is 6.36. The number of hydrogen-bond acceptors (Lipinski definition) is 5. The third-order valence-electron chi connectivity index (χ3n) is 0.648. The molecule has 0 aliphatic heterocycles. The van der Waals surface area contributed by atoms with Gasteiger partial charge in [0.15, 0.2) is 0 Å². The third kappa shape index (κ3) is 6.05. The Hall–Kier alpha value is -0.690. The second-order valence-corrected chi connectivity index (χ2v) is 2.81. The van der Waals surface area contributed by atoms with Crippen molar-refractivity contribution in [2.45, 2.75) is 0 Å². The van der Waals surface area contributed by atoms with E-state index in [0.29, 0.717) is 0 Å². The van der Waals surface area contributed by atoms with Gasteiger partial charge >= 0.3 is 10.4 Å². The third-order valence-corrected chi connectivity index (χ3v) is 1.34. The van der Waals surface area contributed by atoms with Crippen LogP contribution in [0, 0.1) is 0 Å². The van der Waals surface area contributed by atoms with Gasteiger partial charge in [-0.2, -0.15) is 8.42 Å². The maximum atomic E-state index is 10.6. The lowest BCUT2D eigenvalue weighted by Gasteiger charge is -2.00. The smallest absolute Gasteiger partial charge is 0.242 e. The highest BCUT2D eigenvalue weighted by molar-refractivity contribution is 7.81. The van der Waals surface area contributed by atoms with Gasteiger partial charge in [0.05, 0.1) is 6.61 Å². The van der Waals surface area contributed by atoms with Crippen molar-refractivity contribution in [1.29, 1.82) is 0 Å². The summed E-state index contributed by atoms with van der Waals surface area (Å²) >= 11 is 0. The maximum Gasteiger partial charge on any atom is 0.426 e. The van der Waals surface area contributed by atoms with Crippen LogP contribution in [0.5, 0.6) is 0 Å². The molecule has 0 aliphatic carbocycles. The van der Waals surface area contributed by atoms with Crippen LogP contribution in [0.4, 0.5) is 0 Å². The highest BCUT2D eigenvalue weighted by Crippen LogP contribution is 1.96. The Bertz CT molecular complexity index is 230. The minimum Gasteiger partial charge on any atom is -0.242 e. The fourth-order valence-electron chi connectivity index (χ4n) is 0.286. The van der Waals surface area contributed by atoms with E-state index in [9.17, 15) is 8.42 Å². The van der Waals surface area contributed by atoms with Crippen molar-refractivity contribution in [3.8, 4) is 0 Å². The molecule has 0 saturated heterocycles. The van der Waals surface area contributed by atoms with Crippen LogP contribution in [-0.2, 0) is 23.8 Å². The largest absolute Gasteiger partial charge is 0.426 e. The van der Waals surface area contributed by atoms with Crippen LogP contribution in [0.1, 0.15) is 0 Å². The molecule has 0 heterocycles. The van der Waals surface area contributed by atoms with Gasteiger partial charge in [-0.15, -0.1) is 13.2 Å². The van der Waals surface area contributed by atoms with Crippen molar-refractivity contribution in [3.63, 3.8) is 0 Å². The summed E-state index contributed by atoms with van der Waals surface area (Å²) in [5.74, 6) is 0. The first-order valence-corrected chi connectivity index (χ1v) is 4.38. The van der Waals surface area contributed by atoms with Crippen molar-refractivity contribution in [2.75, 3.05) is 13.2 Å². The average Bonchev–Trinajstić information content (AvgIpc) is 2.01. The minimum atomic E-state index is -4.06. The molecular weight excluding hydrogens is 184 g/mol. The second-order valence-electron chi connectivity index (χ2n) is 1.62. The van der Waals surface area contributed by atoms with E-state index in [1.165, 1.54) is 12.2 Å². The van der Waals surface area contributed by atoms with Gasteiger partial charge in [-0.05, 0) is 0 Å². The van der Waals surface area contributed by atoms with Crippen molar-refractivity contribution in [3.05, 3.63) is 25.3 Å². The van der Waals surface area contributed by atoms with E-state index in [1.807, 2.05) is 0 Å². The Kier molecular flexibility index (Phi) is 5.56. The maximum absolute atomic E-state index is 10.6. The van der Waals surface area contributed by atoms with E-state index >= 15 is 0 Å². The van der Waals surface area contributed by atoms with Gasteiger partial charge in [0.1, 0.15) is 6.61 Å². The van der Waals surface area contributed by atoms with E-state index in [1.54, 1.807) is 0 Å². The fourth-order valence-corrected chi connectivity index (χ4v) is 0.761. The molecule has 0 unspecified atom stereocenters. The van der Waals surface area contributed by atoms with E-state index in [4.69, 9.17) is 0 Å². The van der Waals surface area contributed by atoms with Crippen LogP contribution >= 0.6 is 0 Å². The van der Waals surface area contributed by atoms with Gasteiger partial charge < -0.3 is 0 Å². The first kappa shape index (κ1) is 11.3. The van der Waals surface area contributed by atoms with Crippen LogP contribution in [0.25, 0.3) is 0 Å². The molecular formula is C6H10O5S. The van der Waals surface area contributed by atoms with E-state index < -0.39 is 10.4 Å². The monoisotopic (exact) mass is 194 g/mol. The summed E-state index contributed by atoms with van der Waals surface area (Å²) in [7, 11) is -4.06. The lowest BCUT2D eigenvalue weighted by molar-refractivity contribution is -0.198. The van der Waals surface area contributed by atoms with Gasteiger partial charge in [0.25, 0.3) is 0 Å². The quantitative estimate of drug-likeness (QED) is 0.256. The molecule has 0 amide bonds. The van der Waals surface area contributed by atoms with Crippen molar-refractivity contribution >= 4 is 10.4 Å². The molecule has 0 spiro atoms. The lowest BCUT2D eigenvalue weighted by Crippen LogP contribution is -2.10. The molecule has 12 heavy (non-hydrogen) atoms. The Labute approximate surface area is 71.5 Å². The van der Waals surface area contributed by atoms with Crippen LogP contribution in [0.2, 0.25) is 0 Å². The molecule has 0 N–H and O–H groups in total. The molecule has 0 rings (SSSR count). The molecule has 0 aromatic heterocycles. The Morgan fingerprint density at radius 1 is 1.17 bits per heavy atom. The van der Waals surface area contributed by atoms with E-state index in [0.717, 1.165) is 0 Å². The zero-order valence-corrected chi connectivity index (χ0v) is 7.25. The SMILES string of the molecule is C=CCOOS(=O)(=O)OCC=C. The molecule has 6 heteroatoms. The van der Waals surface area contributed by atoms with Crippen molar-refractivity contribution < 1.29 is 21.8 Å². The molecule has 0 saturated carbocycles. The van der Waals surface area contributed by atoms with Crippen LogP contribution in [0.15, 0.2) is 25.3 Å². The highest BCUT2D eigenvalue weighted by atomic mass is 32.3.